The summed E-state index contributed by atoms with van der Waals surface area (Å²) in [6.45, 7) is 14.2. The van der Waals surface area contributed by atoms with Gasteiger partial charge in [0.2, 0.25) is 5.54 Å². The number of hydrogen-bond acceptors (Lipinski definition) is 2. The van der Waals surface area contributed by atoms with Gasteiger partial charge in [0.05, 0.1) is 6.04 Å². The van der Waals surface area contributed by atoms with Gasteiger partial charge in [-0.15, -0.1) is 0 Å². The van der Waals surface area contributed by atoms with Crippen LogP contribution in [0.2, 0.25) is 0 Å². The number of hydrogen-bond donors (Lipinski definition) is 0. The van der Waals surface area contributed by atoms with Crippen LogP contribution >= 0.6 is 0 Å². The maximum Gasteiger partial charge on any atom is 0.237 e. The van der Waals surface area contributed by atoms with E-state index in [0.29, 0.717) is 6.04 Å². The van der Waals surface area contributed by atoms with Crippen LogP contribution in [-0.2, 0) is 9.73 Å². The first-order valence-electron chi connectivity index (χ1n) is 7.82. The summed E-state index contributed by atoms with van der Waals surface area (Å²) in [5.41, 5.74) is 0.0944. The van der Waals surface area contributed by atoms with Crippen LogP contribution < -0.4 is 0 Å². The van der Waals surface area contributed by atoms with Gasteiger partial charge in [0.25, 0.3) is 0 Å². The number of rotatable bonds is 1. The highest BCUT2D eigenvalue weighted by atomic mass is 32.2. The van der Waals surface area contributed by atoms with E-state index in [1.54, 1.807) is 0 Å². The zero-order valence-electron chi connectivity index (χ0n) is 12.9. The molecule has 0 amide bonds. The van der Waals surface area contributed by atoms with E-state index in [4.69, 9.17) is 6.57 Å². The molecule has 0 bridgehead atoms. The minimum absolute atomic E-state index is 0.0416. The molecule has 112 valence electrons. The van der Waals surface area contributed by atoms with Crippen LogP contribution in [0.3, 0.4) is 0 Å². The van der Waals surface area contributed by atoms with Crippen molar-refractivity contribution in [2.45, 2.75) is 70.9 Å². The van der Waals surface area contributed by atoms with Gasteiger partial charge in [-0.3, -0.25) is 0 Å². The molecular weight excluding hydrogens is 268 g/mol. The highest BCUT2D eigenvalue weighted by molar-refractivity contribution is 7.95. The summed E-state index contributed by atoms with van der Waals surface area (Å²) in [7, 11) is -1.87. The standard InChI is InChI=1S/C16H26N2OS/c1-14(2,3)16(17-4)9-7-15(8-10-16)11-20(19,12-15)18-13-5-6-13/h13H,5-12H2,1-3H3. The quantitative estimate of drug-likeness (QED) is 0.675. The van der Waals surface area contributed by atoms with Gasteiger partial charge in [0.15, 0.2) is 0 Å². The van der Waals surface area contributed by atoms with E-state index in [2.05, 4.69) is 30.0 Å². The molecule has 1 aliphatic heterocycles. The molecule has 2 saturated carbocycles. The lowest BCUT2D eigenvalue weighted by atomic mass is 9.60. The monoisotopic (exact) mass is 294 g/mol. The fourth-order valence-electron chi connectivity index (χ4n) is 3.95. The van der Waals surface area contributed by atoms with E-state index in [0.717, 1.165) is 50.0 Å². The van der Waals surface area contributed by atoms with E-state index in [-0.39, 0.29) is 16.4 Å². The summed E-state index contributed by atoms with van der Waals surface area (Å²) < 4.78 is 17.1. The summed E-state index contributed by atoms with van der Waals surface area (Å²) in [5.74, 6) is 1.63. The van der Waals surface area contributed by atoms with Gasteiger partial charge in [0, 0.05) is 39.5 Å². The van der Waals surface area contributed by atoms with E-state index >= 15 is 0 Å². The molecule has 0 radical (unpaired) electrons. The van der Waals surface area contributed by atoms with Gasteiger partial charge in [-0.2, -0.15) is 0 Å². The molecule has 0 aromatic heterocycles. The van der Waals surface area contributed by atoms with Crippen molar-refractivity contribution in [2.75, 3.05) is 11.5 Å². The third-order valence-electron chi connectivity index (χ3n) is 5.70. The molecule has 3 fully saturated rings. The highest BCUT2D eigenvalue weighted by Gasteiger charge is 2.58. The summed E-state index contributed by atoms with van der Waals surface area (Å²) in [5, 5.41) is 0. The van der Waals surface area contributed by atoms with Gasteiger partial charge in [0.1, 0.15) is 0 Å². The van der Waals surface area contributed by atoms with Crippen LogP contribution in [0.5, 0.6) is 0 Å². The van der Waals surface area contributed by atoms with Crippen LogP contribution in [0.1, 0.15) is 59.3 Å². The van der Waals surface area contributed by atoms with Crippen LogP contribution in [0.25, 0.3) is 4.85 Å². The Hall–Kier alpha value is -0.560. The van der Waals surface area contributed by atoms with E-state index < -0.39 is 9.73 Å². The minimum atomic E-state index is -1.87. The van der Waals surface area contributed by atoms with Gasteiger partial charge in [-0.05, 0) is 31.1 Å². The molecule has 4 heteroatoms. The smallest absolute Gasteiger partial charge is 0.237 e. The van der Waals surface area contributed by atoms with E-state index in [9.17, 15) is 4.21 Å². The zero-order chi connectivity index (χ0) is 14.6. The van der Waals surface area contributed by atoms with Crippen molar-refractivity contribution in [3.8, 4) is 0 Å². The Morgan fingerprint density at radius 3 is 2.10 bits per heavy atom. The summed E-state index contributed by atoms with van der Waals surface area (Å²) in [6.07, 6.45) is 6.38. The molecule has 1 saturated heterocycles. The van der Waals surface area contributed by atoms with Crippen molar-refractivity contribution in [3.05, 3.63) is 11.4 Å². The van der Waals surface area contributed by atoms with Gasteiger partial charge in [-0.1, -0.05) is 20.8 Å². The Morgan fingerprint density at radius 1 is 1.15 bits per heavy atom. The highest BCUT2D eigenvalue weighted by Crippen LogP contribution is 2.55. The Bertz CT molecular complexity index is 546. The van der Waals surface area contributed by atoms with Crippen LogP contribution in [0.4, 0.5) is 0 Å². The first-order chi connectivity index (χ1) is 9.22. The molecule has 0 aromatic carbocycles. The third-order valence-corrected chi connectivity index (χ3v) is 8.51. The second kappa shape index (κ2) is 4.22. The van der Waals surface area contributed by atoms with Gasteiger partial charge >= 0.3 is 0 Å². The molecule has 3 nitrogen and oxygen atoms in total. The molecule has 1 spiro atoms. The summed E-state index contributed by atoms with van der Waals surface area (Å²) >= 11 is 0. The second-order valence-corrected chi connectivity index (χ2v) is 10.6. The third kappa shape index (κ3) is 2.28. The zero-order valence-corrected chi connectivity index (χ0v) is 13.8. The van der Waals surface area contributed by atoms with Crippen molar-refractivity contribution in [1.29, 1.82) is 0 Å². The van der Waals surface area contributed by atoms with E-state index in [1.165, 1.54) is 0 Å². The Labute approximate surface area is 123 Å². The summed E-state index contributed by atoms with van der Waals surface area (Å²) in [6, 6.07) is 0.417. The van der Waals surface area contributed by atoms with Crippen molar-refractivity contribution in [2.24, 2.45) is 15.2 Å². The minimum Gasteiger partial charge on any atom is -0.310 e. The second-order valence-electron chi connectivity index (χ2n) is 8.29. The molecule has 0 N–H and O–H groups in total. The Morgan fingerprint density at radius 2 is 1.70 bits per heavy atom. The Balaban J connectivity index is 1.69. The molecule has 0 unspecified atom stereocenters. The van der Waals surface area contributed by atoms with Crippen molar-refractivity contribution < 1.29 is 4.21 Å². The summed E-state index contributed by atoms with van der Waals surface area (Å²) in [4.78, 5) is 4.02. The maximum absolute atomic E-state index is 12.6. The molecule has 3 rings (SSSR count). The fraction of sp³-hybridized carbons (Fsp3) is 0.938. The molecular formula is C16H26N2OS. The molecule has 3 aliphatic rings. The average Bonchev–Trinajstić information content (AvgIpc) is 3.10. The molecule has 2 aliphatic carbocycles. The van der Waals surface area contributed by atoms with Crippen molar-refractivity contribution in [1.82, 2.24) is 0 Å². The Kier molecular flexibility index (Phi) is 3.04. The topological polar surface area (TPSA) is 33.8 Å². The van der Waals surface area contributed by atoms with Gasteiger partial charge in [-0.25, -0.2) is 15.1 Å². The average molecular weight is 294 g/mol. The lowest BCUT2D eigenvalue weighted by molar-refractivity contribution is 0.104. The van der Waals surface area contributed by atoms with Crippen LogP contribution in [0, 0.1) is 17.4 Å². The maximum atomic E-state index is 12.6. The SMILES string of the molecule is [C-]#[N+]C1(C(C)(C)C)CCC2(CC1)CS(=O)(=NC1CC1)C2. The fourth-order valence-corrected chi connectivity index (χ4v) is 7.26. The van der Waals surface area contributed by atoms with Crippen LogP contribution in [-0.4, -0.2) is 27.3 Å². The first kappa shape index (κ1) is 14.4. The van der Waals surface area contributed by atoms with Crippen molar-refractivity contribution in [3.63, 3.8) is 0 Å². The predicted octanol–water partition coefficient (Wildman–Crippen LogP) is 3.89. The lowest BCUT2D eigenvalue weighted by Gasteiger charge is -2.50. The lowest BCUT2D eigenvalue weighted by Crippen LogP contribution is -2.55. The largest absolute Gasteiger partial charge is 0.310 e. The normalized spacial score (nSPS) is 44.7. The molecule has 0 aromatic rings. The molecule has 1 heterocycles. The number of nitrogens with zero attached hydrogens (tertiary/aromatic N) is 2. The van der Waals surface area contributed by atoms with E-state index in [1.807, 2.05) is 0 Å². The molecule has 20 heavy (non-hydrogen) atoms. The van der Waals surface area contributed by atoms with Crippen molar-refractivity contribution >= 4 is 9.73 Å². The molecule has 0 atom stereocenters. The van der Waals surface area contributed by atoms with Crippen LogP contribution in [0.15, 0.2) is 4.36 Å². The first-order valence-corrected chi connectivity index (χ1v) is 9.67. The van der Waals surface area contributed by atoms with Gasteiger partial charge < -0.3 is 4.85 Å². The predicted molar refractivity (Wildman–Crippen MR) is 83.0 cm³/mol.